The fourth-order valence-corrected chi connectivity index (χ4v) is 1.98. The smallest absolute Gasteiger partial charge is 0.293 e. The minimum absolute atomic E-state index is 0.0727. The monoisotopic (exact) mass is 308 g/mol. The van der Waals surface area contributed by atoms with Crippen molar-refractivity contribution in [3.8, 4) is 0 Å². The highest BCUT2D eigenvalue weighted by molar-refractivity contribution is 6.34. The van der Waals surface area contributed by atoms with Gasteiger partial charge in [-0.1, -0.05) is 16.8 Å². The molecule has 0 bridgehead atoms. The van der Waals surface area contributed by atoms with Gasteiger partial charge in [0.25, 0.3) is 5.91 Å². The quantitative estimate of drug-likeness (QED) is 0.348. The van der Waals surface area contributed by atoms with E-state index in [0.717, 1.165) is 0 Å². The normalized spacial score (nSPS) is 11.5. The second-order valence-electron chi connectivity index (χ2n) is 4.28. The number of anilines is 1. The van der Waals surface area contributed by atoms with Crippen LogP contribution in [-0.2, 0) is 0 Å². The number of carbonyl (C=O) groups is 1. The van der Waals surface area contributed by atoms with Crippen LogP contribution in [0.25, 0.3) is 0 Å². The predicted octanol–water partition coefficient (Wildman–Crippen LogP) is 2.29. The molecular weight excluding hydrogens is 296 g/mol. The molecule has 0 aliphatic heterocycles. The van der Waals surface area contributed by atoms with Crippen molar-refractivity contribution in [1.82, 2.24) is 4.98 Å². The number of oxime groups is 1. The van der Waals surface area contributed by atoms with Crippen molar-refractivity contribution < 1.29 is 14.4 Å². The number of aromatic nitrogens is 1. The topological polar surface area (TPSA) is 114 Å². The number of hydrogen-bond donors (Lipinski definition) is 3. The molecule has 0 unspecified atom stereocenters. The molecule has 2 aromatic rings. The van der Waals surface area contributed by atoms with Gasteiger partial charge >= 0.3 is 0 Å². The molecule has 0 aliphatic rings. The van der Waals surface area contributed by atoms with E-state index in [1.807, 2.05) is 0 Å². The van der Waals surface area contributed by atoms with Gasteiger partial charge in [0.15, 0.2) is 11.7 Å². The maximum Gasteiger partial charge on any atom is 0.293 e. The zero-order valence-electron chi connectivity index (χ0n) is 11.3. The lowest BCUT2D eigenvalue weighted by molar-refractivity contribution is 0.0994. The minimum Gasteiger partial charge on any atom is -0.436 e. The maximum absolute atomic E-state index is 12.1. The largest absolute Gasteiger partial charge is 0.436 e. The Morgan fingerprint density at radius 3 is 2.71 bits per heavy atom. The van der Waals surface area contributed by atoms with Crippen molar-refractivity contribution in [2.75, 3.05) is 5.32 Å². The molecule has 21 heavy (non-hydrogen) atoms. The first-order chi connectivity index (χ1) is 9.92. The highest BCUT2D eigenvalue weighted by Crippen LogP contribution is 2.24. The number of amidine groups is 1. The summed E-state index contributed by atoms with van der Waals surface area (Å²) in [5, 5.41) is 14.4. The molecule has 7 nitrogen and oxygen atoms in total. The molecule has 0 aliphatic carbocycles. The van der Waals surface area contributed by atoms with Crippen LogP contribution in [0.15, 0.2) is 27.8 Å². The highest BCUT2D eigenvalue weighted by Gasteiger charge is 2.17. The third-order valence-electron chi connectivity index (χ3n) is 2.73. The molecule has 1 heterocycles. The molecule has 0 radical (unpaired) electrons. The van der Waals surface area contributed by atoms with E-state index in [9.17, 15) is 4.79 Å². The van der Waals surface area contributed by atoms with E-state index in [4.69, 9.17) is 27.0 Å². The van der Waals surface area contributed by atoms with Gasteiger partial charge in [-0.3, -0.25) is 4.79 Å². The Balaban J connectivity index is 2.24. The molecule has 0 saturated heterocycles. The number of halogens is 1. The van der Waals surface area contributed by atoms with Crippen molar-refractivity contribution in [1.29, 1.82) is 0 Å². The molecule has 8 heteroatoms. The van der Waals surface area contributed by atoms with Crippen LogP contribution >= 0.6 is 11.6 Å². The van der Waals surface area contributed by atoms with E-state index in [1.54, 1.807) is 26.0 Å². The van der Waals surface area contributed by atoms with Crippen LogP contribution in [0.3, 0.4) is 0 Å². The predicted molar refractivity (Wildman–Crippen MR) is 77.9 cm³/mol. The average Bonchev–Trinajstić information content (AvgIpc) is 2.79. The second-order valence-corrected chi connectivity index (χ2v) is 4.69. The van der Waals surface area contributed by atoms with Gasteiger partial charge in [0.05, 0.1) is 16.4 Å². The van der Waals surface area contributed by atoms with Crippen LogP contribution in [0.5, 0.6) is 0 Å². The first kappa shape index (κ1) is 14.9. The summed E-state index contributed by atoms with van der Waals surface area (Å²) in [6, 6.07) is 4.59. The van der Waals surface area contributed by atoms with E-state index in [0.29, 0.717) is 22.8 Å². The van der Waals surface area contributed by atoms with Gasteiger partial charge in [0.1, 0.15) is 0 Å². The summed E-state index contributed by atoms with van der Waals surface area (Å²) in [4.78, 5) is 16.1. The first-order valence-corrected chi connectivity index (χ1v) is 6.33. The number of oxazole rings is 1. The Labute approximate surface area is 125 Å². The lowest BCUT2D eigenvalue weighted by Gasteiger charge is -2.07. The third kappa shape index (κ3) is 3.14. The molecule has 1 aromatic heterocycles. The van der Waals surface area contributed by atoms with Gasteiger partial charge in [-0.05, 0) is 25.1 Å². The van der Waals surface area contributed by atoms with Crippen LogP contribution in [0.1, 0.15) is 27.7 Å². The highest BCUT2D eigenvalue weighted by atomic mass is 35.5. The summed E-state index contributed by atoms with van der Waals surface area (Å²) < 4.78 is 5.23. The number of nitrogens with zero attached hydrogens (tertiary/aromatic N) is 2. The van der Waals surface area contributed by atoms with Gasteiger partial charge in [-0.2, -0.15) is 0 Å². The minimum atomic E-state index is -0.452. The van der Waals surface area contributed by atoms with Gasteiger partial charge < -0.3 is 20.7 Å². The number of nitrogens with one attached hydrogen (secondary N) is 1. The van der Waals surface area contributed by atoms with Crippen LogP contribution in [0, 0.1) is 13.8 Å². The van der Waals surface area contributed by atoms with Crippen molar-refractivity contribution in [2.45, 2.75) is 13.8 Å². The first-order valence-electron chi connectivity index (χ1n) is 5.95. The zero-order chi connectivity index (χ0) is 15.6. The number of amides is 1. The SMILES string of the molecule is Cc1nc(C)c(C(=O)Nc2ccc(/C(N)=N/O)cc2Cl)o1. The summed E-state index contributed by atoms with van der Waals surface area (Å²) in [5.41, 5.74) is 6.77. The molecule has 0 atom stereocenters. The number of benzene rings is 1. The van der Waals surface area contributed by atoms with Crippen molar-refractivity contribution >= 4 is 29.0 Å². The van der Waals surface area contributed by atoms with Crippen LogP contribution in [0.4, 0.5) is 5.69 Å². The molecule has 0 fully saturated rings. The van der Waals surface area contributed by atoms with Gasteiger partial charge in [0.2, 0.25) is 5.76 Å². The van der Waals surface area contributed by atoms with Gasteiger partial charge in [-0.25, -0.2) is 4.98 Å². The fraction of sp³-hybridized carbons (Fsp3) is 0.154. The standard InChI is InChI=1S/C13H13ClN4O3/c1-6-11(21-7(2)16-6)13(19)17-10-4-3-8(5-9(10)14)12(15)18-20/h3-5,20H,1-2H3,(H2,15,18)(H,17,19). The number of carbonyl (C=O) groups excluding carboxylic acids is 1. The number of nitrogens with two attached hydrogens (primary N) is 1. The number of rotatable bonds is 3. The summed E-state index contributed by atoms with van der Waals surface area (Å²) in [6.45, 7) is 3.33. The molecule has 0 spiro atoms. The fourth-order valence-electron chi connectivity index (χ4n) is 1.75. The van der Waals surface area contributed by atoms with Crippen LogP contribution in [-0.4, -0.2) is 21.9 Å². The molecule has 110 valence electrons. The molecule has 0 saturated carbocycles. The van der Waals surface area contributed by atoms with E-state index < -0.39 is 5.91 Å². The molecule has 4 N–H and O–H groups in total. The zero-order valence-corrected chi connectivity index (χ0v) is 12.1. The third-order valence-corrected chi connectivity index (χ3v) is 3.04. The molecular formula is C13H13ClN4O3. The average molecular weight is 309 g/mol. The summed E-state index contributed by atoms with van der Waals surface area (Å²) in [5.74, 6) is 0.0122. The summed E-state index contributed by atoms with van der Waals surface area (Å²) >= 11 is 6.05. The van der Waals surface area contributed by atoms with E-state index in [-0.39, 0.29) is 16.6 Å². The molecule has 2 rings (SSSR count). The Morgan fingerprint density at radius 2 is 2.19 bits per heavy atom. The number of aryl methyl sites for hydroxylation is 2. The summed E-state index contributed by atoms with van der Waals surface area (Å²) in [6.07, 6.45) is 0. The maximum atomic E-state index is 12.1. The van der Waals surface area contributed by atoms with E-state index >= 15 is 0 Å². The lowest BCUT2D eigenvalue weighted by Crippen LogP contribution is -2.15. The van der Waals surface area contributed by atoms with Gasteiger partial charge in [-0.15, -0.1) is 0 Å². The second kappa shape index (κ2) is 5.84. The van der Waals surface area contributed by atoms with E-state index in [2.05, 4.69) is 15.5 Å². The Morgan fingerprint density at radius 1 is 1.48 bits per heavy atom. The number of hydrogen-bond acceptors (Lipinski definition) is 5. The Bertz CT molecular complexity index is 724. The van der Waals surface area contributed by atoms with E-state index in [1.165, 1.54) is 6.07 Å². The van der Waals surface area contributed by atoms with Crippen molar-refractivity contribution in [3.63, 3.8) is 0 Å². The van der Waals surface area contributed by atoms with Crippen molar-refractivity contribution in [3.05, 3.63) is 46.1 Å². The molecule has 1 amide bonds. The Hall–Kier alpha value is -2.54. The molecule has 1 aromatic carbocycles. The van der Waals surface area contributed by atoms with Crippen molar-refractivity contribution in [2.24, 2.45) is 10.9 Å². The van der Waals surface area contributed by atoms with Crippen LogP contribution in [0.2, 0.25) is 5.02 Å². The van der Waals surface area contributed by atoms with Gasteiger partial charge in [0, 0.05) is 12.5 Å². The van der Waals surface area contributed by atoms with Crippen LogP contribution < -0.4 is 11.1 Å². The summed E-state index contributed by atoms with van der Waals surface area (Å²) in [7, 11) is 0. The Kier molecular flexibility index (Phi) is 4.13. The lowest BCUT2D eigenvalue weighted by atomic mass is 10.2.